The minimum Gasteiger partial charge on any atom is -0.325 e. The van der Waals surface area contributed by atoms with Crippen molar-refractivity contribution in [2.45, 2.75) is 33.2 Å². The molecule has 1 unspecified atom stereocenters. The lowest BCUT2D eigenvalue weighted by atomic mass is 10.00. The van der Waals surface area contributed by atoms with Gasteiger partial charge in [0.15, 0.2) is 0 Å². The molecule has 0 saturated carbocycles. The lowest BCUT2D eigenvalue weighted by Gasteiger charge is -2.31. The molecule has 1 aliphatic heterocycles. The summed E-state index contributed by atoms with van der Waals surface area (Å²) >= 11 is 5.93. The van der Waals surface area contributed by atoms with E-state index in [-0.39, 0.29) is 6.04 Å². The van der Waals surface area contributed by atoms with E-state index >= 15 is 0 Å². The SMILES string of the molecule is CC(C)Cc1ccc(C(C)N2C=CN=C(Nc3ccc(Cl)cc3)N2)cc1. The first-order valence-electron chi connectivity index (χ1n) is 8.92. The molecule has 0 amide bonds. The van der Waals surface area contributed by atoms with Crippen LogP contribution in [0.5, 0.6) is 0 Å². The van der Waals surface area contributed by atoms with Crippen LogP contribution in [0.3, 0.4) is 0 Å². The molecule has 0 bridgehead atoms. The number of hydrogen-bond donors (Lipinski definition) is 2. The van der Waals surface area contributed by atoms with E-state index in [0.717, 1.165) is 12.1 Å². The van der Waals surface area contributed by atoms with Crippen LogP contribution in [0.2, 0.25) is 5.02 Å². The average Bonchev–Trinajstić information content (AvgIpc) is 2.63. The summed E-state index contributed by atoms with van der Waals surface area (Å²) in [6.07, 6.45) is 4.84. The van der Waals surface area contributed by atoms with Gasteiger partial charge < -0.3 is 5.32 Å². The van der Waals surface area contributed by atoms with Gasteiger partial charge >= 0.3 is 0 Å². The number of halogens is 1. The Labute approximate surface area is 160 Å². The lowest BCUT2D eigenvalue weighted by Crippen LogP contribution is -2.45. The number of rotatable bonds is 5. The van der Waals surface area contributed by atoms with Gasteiger partial charge in [-0.1, -0.05) is 49.7 Å². The zero-order chi connectivity index (χ0) is 18.5. The van der Waals surface area contributed by atoms with Crippen LogP contribution in [0.25, 0.3) is 0 Å². The van der Waals surface area contributed by atoms with E-state index < -0.39 is 0 Å². The van der Waals surface area contributed by atoms with Crippen LogP contribution in [0.1, 0.15) is 37.9 Å². The Morgan fingerprint density at radius 2 is 1.73 bits per heavy atom. The first-order valence-corrected chi connectivity index (χ1v) is 9.30. The number of hydrogen-bond acceptors (Lipinski definition) is 4. The van der Waals surface area contributed by atoms with Gasteiger partial charge in [-0.25, -0.2) is 4.99 Å². The molecule has 0 fully saturated rings. The average molecular weight is 369 g/mol. The van der Waals surface area contributed by atoms with Crippen LogP contribution in [0, 0.1) is 5.92 Å². The maximum Gasteiger partial charge on any atom is 0.219 e. The quantitative estimate of drug-likeness (QED) is 0.746. The summed E-state index contributed by atoms with van der Waals surface area (Å²) in [5, 5.41) is 6.02. The number of benzene rings is 2. The summed E-state index contributed by atoms with van der Waals surface area (Å²) < 4.78 is 0. The molecule has 5 heteroatoms. The van der Waals surface area contributed by atoms with Crippen LogP contribution in [0.15, 0.2) is 65.9 Å². The van der Waals surface area contributed by atoms with Crippen LogP contribution in [-0.2, 0) is 6.42 Å². The van der Waals surface area contributed by atoms with Crippen molar-refractivity contribution in [2.24, 2.45) is 10.9 Å². The molecule has 26 heavy (non-hydrogen) atoms. The molecule has 0 spiro atoms. The fraction of sp³-hybridized carbons (Fsp3) is 0.286. The molecular weight excluding hydrogens is 344 g/mol. The Morgan fingerprint density at radius 1 is 1.04 bits per heavy atom. The second-order valence-electron chi connectivity index (χ2n) is 6.94. The second kappa shape index (κ2) is 8.28. The number of aliphatic imine (C=N–C) groups is 1. The lowest BCUT2D eigenvalue weighted by molar-refractivity contribution is 0.254. The van der Waals surface area contributed by atoms with E-state index in [9.17, 15) is 0 Å². The number of anilines is 1. The molecule has 3 rings (SSSR count). The minimum atomic E-state index is 0.178. The zero-order valence-electron chi connectivity index (χ0n) is 15.4. The number of hydrazine groups is 1. The van der Waals surface area contributed by atoms with Crippen molar-refractivity contribution in [2.75, 3.05) is 5.32 Å². The molecular formula is C21H25ClN4. The number of nitrogens with zero attached hydrogens (tertiary/aromatic N) is 2. The Morgan fingerprint density at radius 3 is 2.38 bits per heavy atom. The van der Waals surface area contributed by atoms with Crippen LogP contribution in [0.4, 0.5) is 5.69 Å². The van der Waals surface area contributed by atoms with Crippen molar-refractivity contribution in [1.82, 2.24) is 10.4 Å². The van der Waals surface area contributed by atoms with E-state index in [1.54, 1.807) is 6.20 Å². The van der Waals surface area contributed by atoms with Crippen LogP contribution < -0.4 is 10.7 Å². The summed E-state index contributed by atoms with van der Waals surface area (Å²) in [6.45, 7) is 6.65. The third-order valence-corrected chi connectivity index (χ3v) is 4.55. The molecule has 0 aromatic heterocycles. The van der Waals surface area contributed by atoms with Crippen molar-refractivity contribution >= 4 is 23.2 Å². The van der Waals surface area contributed by atoms with Crippen LogP contribution >= 0.6 is 11.6 Å². The molecule has 4 nitrogen and oxygen atoms in total. The predicted molar refractivity (Wildman–Crippen MR) is 110 cm³/mol. The molecule has 1 aliphatic rings. The third kappa shape index (κ3) is 4.79. The molecule has 2 aromatic carbocycles. The van der Waals surface area contributed by atoms with Gasteiger partial charge in [0.2, 0.25) is 5.96 Å². The first-order chi connectivity index (χ1) is 12.5. The normalized spacial score (nSPS) is 14.8. The van der Waals surface area contributed by atoms with E-state index in [1.165, 1.54) is 11.1 Å². The van der Waals surface area contributed by atoms with Gasteiger partial charge in [0.25, 0.3) is 0 Å². The maximum atomic E-state index is 5.93. The highest BCUT2D eigenvalue weighted by atomic mass is 35.5. The van der Waals surface area contributed by atoms with Crippen molar-refractivity contribution in [3.63, 3.8) is 0 Å². The highest BCUT2D eigenvalue weighted by Gasteiger charge is 2.16. The smallest absolute Gasteiger partial charge is 0.219 e. The standard InChI is InChI=1S/C21H25ClN4/c1-15(2)14-17-4-6-18(7-5-17)16(3)26-13-12-23-21(25-26)24-20-10-8-19(22)9-11-20/h4-13,15-16H,14H2,1-3H3,(H2,23,24,25). The van der Waals surface area contributed by atoms with E-state index in [4.69, 9.17) is 11.6 Å². The molecule has 2 N–H and O–H groups in total. The summed E-state index contributed by atoms with van der Waals surface area (Å²) in [4.78, 5) is 4.36. The molecule has 1 atom stereocenters. The van der Waals surface area contributed by atoms with Gasteiger partial charge in [0.05, 0.1) is 6.04 Å². The Bertz CT molecular complexity index is 779. The van der Waals surface area contributed by atoms with Gasteiger partial charge in [-0.05, 0) is 54.7 Å². The maximum absolute atomic E-state index is 5.93. The summed E-state index contributed by atoms with van der Waals surface area (Å²) in [5.41, 5.74) is 6.88. The van der Waals surface area contributed by atoms with E-state index in [2.05, 4.69) is 60.8 Å². The molecule has 2 aromatic rings. The van der Waals surface area contributed by atoms with Crippen molar-refractivity contribution in [3.05, 3.63) is 77.1 Å². The summed E-state index contributed by atoms with van der Waals surface area (Å²) in [5.74, 6) is 1.35. The molecule has 0 saturated heterocycles. The van der Waals surface area contributed by atoms with E-state index in [1.807, 2.05) is 35.5 Å². The zero-order valence-corrected chi connectivity index (χ0v) is 16.2. The first kappa shape index (κ1) is 18.3. The van der Waals surface area contributed by atoms with Gasteiger partial charge in [0.1, 0.15) is 0 Å². The highest BCUT2D eigenvalue weighted by molar-refractivity contribution is 6.30. The van der Waals surface area contributed by atoms with Gasteiger partial charge in [-0.15, -0.1) is 0 Å². The largest absolute Gasteiger partial charge is 0.325 e. The molecule has 0 radical (unpaired) electrons. The van der Waals surface area contributed by atoms with Crippen molar-refractivity contribution in [1.29, 1.82) is 0 Å². The monoisotopic (exact) mass is 368 g/mol. The molecule has 0 aliphatic carbocycles. The van der Waals surface area contributed by atoms with Crippen molar-refractivity contribution < 1.29 is 0 Å². The predicted octanol–water partition coefficient (Wildman–Crippen LogP) is 5.36. The summed E-state index contributed by atoms with van der Waals surface area (Å²) in [6, 6.07) is 16.6. The molecule has 1 heterocycles. The van der Waals surface area contributed by atoms with Gasteiger partial charge in [-0.3, -0.25) is 10.4 Å². The fourth-order valence-corrected chi connectivity index (χ4v) is 3.01. The van der Waals surface area contributed by atoms with Gasteiger partial charge in [-0.2, -0.15) is 0 Å². The molecule has 136 valence electrons. The minimum absolute atomic E-state index is 0.178. The Kier molecular flexibility index (Phi) is 5.84. The second-order valence-corrected chi connectivity index (χ2v) is 7.38. The number of guanidine groups is 1. The Balaban J connectivity index is 1.63. The number of nitrogens with one attached hydrogen (secondary N) is 2. The van der Waals surface area contributed by atoms with Crippen LogP contribution in [-0.4, -0.2) is 11.0 Å². The van der Waals surface area contributed by atoms with E-state index in [0.29, 0.717) is 16.9 Å². The topological polar surface area (TPSA) is 39.7 Å². The van der Waals surface area contributed by atoms with Gasteiger partial charge in [0, 0.05) is 23.1 Å². The Hall–Kier alpha value is -2.46. The fourth-order valence-electron chi connectivity index (χ4n) is 2.89. The van der Waals surface area contributed by atoms with Crippen molar-refractivity contribution in [3.8, 4) is 0 Å². The summed E-state index contributed by atoms with van der Waals surface area (Å²) in [7, 11) is 0. The highest BCUT2D eigenvalue weighted by Crippen LogP contribution is 2.22. The third-order valence-electron chi connectivity index (χ3n) is 4.30.